The van der Waals surface area contributed by atoms with E-state index < -0.39 is 5.97 Å². The van der Waals surface area contributed by atoms with E-state index in [0.29, 0.717) is 44.0 Å². The summed E-state index contributed by atoms with van der Waals surface area (Å²) in [7, 11) is 1.69. The van der Waals surface area contributed by atoms with Gasteiger partial charge in [-0.2, -0.15) is 5.10 Å². The second-order valence-electron chi connectivity index (χ2n) is 3.87. The van der Waals surface area contributed by atoms with Crippen molar-refractivity contribution < 1.29 is 14.3 Å². The molecule has 1 heterocycles. The van der Waals surface area contributed by atoms with Gasteiger partial charge in [0.15, 0.2) is 5.69 Å². The zero-order valence-corrected chi connectivity index (χ0v) is 11.2. The number of carbonyl (C=O) groups is 1. The molecule has 0 atom stereocenters. The normalized spacial score (nSPS) is 10.6. The van der Waals surface area contributed by atoms with Crippen molar-refractivity contribution in [1.29, 1.82) is 0 Å². The maximum absolute atomic E-state index is 11.8. The van der Waals surface area contributed by atoms with E-state index in [1.807, 2.05) is 13.8 Å². The van der Waals surface area contributed by atoms with Gasteiger partial charge in [-0.15, -0.1) is 0 Å². The first-order valence-corrected chi connectivity index (χ1v) is 6.18. The number of nitrogens with two attached hydrogens (primary N) is 1. The number of aromatic nitrogens is 2. The molecule has 0 unspecified atom stereocenters. The molecule has 0 bridgehead atoms. The van der Waals surface area contributed by atoms with E-state index in [2.05, 4.69) is 5.10 Å². The number of hydrogen-bond donors (Lipinski definition) is 1. The van der Waals surface area contributed by atoms with E-state index in [4.69, 9.17) is 15.2 Å². The van der Waals surface area contributed by atoms with Crippen molar-refractivity contribution in [3.05, 3.63) is 11.4 Å². The molecule has 0 aliphatic heterocycles. The Kier molecular flexibility index (Phi) is 5.64. The van der Waals surface area contributed by atoms with E-state index in [-0.39, 0.29) is 0 Å². The molecule has 0 saturated heterocycles. The van der Waals surface area contributed by atoms with Gasteiger partial charge in [-0.3, -0.25) is 4.68 Å². The molecule has 1 aromatic rings. The molecule has 0 spiro atoms. The summed E-state index contributed by atoms with van der Waals surface area (Å²) in [6.45, 7) is 5.45. The topological polar surface area (TPSA) is 79.4 Å². The summed E-state index contributed by atoms with van der Waals surface area (Å²) in [4.78, 5) is 11.8. The van der Waals surface area contributed by atoms with Crippen LogP contribution in [0.5, 0.6) is 0 Å². The summed E-state index contributed by atoms with van der Waals surface area (Å²) in [6.07, 6.45) is 1.37. The van der Waals surface area contributed by atoms with E-state index >= 15 is 0 Å². The van der Waals surface area contributed by atoms with Gasteiger partial charge in [0.1, 0.15) is 0 Å². The highest BCUT2D eigenvalue weighted by molar-refractivity contribution is 5.93. The van der Waals surface area contributed by atoms with Gasteiger partial charge in [-0.25, -0.2) is 4.79 Å². The molecule has 6 nitrogen and oxygen atoms in total. The number of ether oxygens (including phenoxy) is 2. The fraction of sp³-hybridized carbons (Fsp3) is 0.667. The number of rotatable bonds is 7. The van der Waals surface area contributed by atoms with E-state index in [1.165, 1.54) is 4.68 Å². The number of esters is 1. The predicted octanol–water partition coefficient (Wildman–Crippen LogP) is 1.15. The Bertz CT molecular complexity index is 402. The van der Waals surface area contributed by atoms with Crippen LogP contribution in [0.3, 0.4) is 0 Å². The predicted molar refractivity (Wildman–Crippen MR) is 68.4 cm³/mol. The molecule has 0 aliphatic carbocycles. The largest absolute Gasteiger partial charge is 0.461 e. The molecule has 1 rings (SSSR count). The minimum Gasteiger partial charge on any atom is -0.461 e. The van der Waals surface area contributed by atoms with Crippen LogP contribution in [0.2, 0.25) is 0 Å². The maximum Gasteiger partial charge on any atom is 0.358 e. The SMILES string of the molecule is CCOCCCOC(=O)c1c(N)c(CC)nn1C. The van der Waals surface area contributed by atoms with Gasteiger partial charge in [-0.1, -0.05) is 6.92 Å². The Morgan fingerprint density at radius 3 is 2.67 bits per heavy atom. The number of hydrogen-bond acceptors (Lipinski definition) is 5. The number of aryl methyl sites for hydroxylation is 2. The molecule has 0 amide bonds. The van der Waals surface area contributed by atoms with Crippen molar-refractivity contribution >= 4 is 11.7 Å². The Hall–Kier alpha value is -1.56. The first kappa shape index (κ1) is 14.5. The van der Waals surface area contributed by atoms with Crippen molar-refractivity contribution in [3.8, 4) is 0 Å². The number of nitrogen functional groups attached to an aromatic ring is 1. The van der Waals surface area contributed by atoms with Gasteiger partial charge < -0.3 is 15.2 Å². The quantitative estimate of drug-likeness (QED) is 0.584. The van der Waals surface area contributed by atoms with E-state index in [0.717, 1.165) is 5.69 Å². The number of carbonyl (C=O) groups excluding carboxylic acids is 1. The molecule has 18 heavy (non-hydrogen) atoms. The number of nitrogens with zero attached hydrogens (tertiary/aromatic N) is 2. The van der Waals surface area contributed by atoms with Crippen molar-refractivity contribution in [1.82, 2.24) is 9.78 Å². The summed E-state index contributed by atoms with van der Waals surface area (Å²) in [5, 5.41) is 4.17. The van der Waals surface area contributed by atoms with Crippen LogP contribution < -0.4 is 5.73 Å². The number of anilines is 1. The lowest BCUT2D eigenvalue weighted by Gasteiger charge is -2.05. The summed E-state index contributed by atoms with van der Waals surface area (Å²) in [6, 6.07) is 0. The van der Waals surface area contributed by atoms with Crippen LogP contribution in [-0.4, -0.2) is 35.6 Å². The van der Waals surface area contributed by atoms with Gasteiger partial charge in [0.05, 0.1) is 18.0 Å². The third-order valence-corrected chi connectivity index (χ3v) is 2.56. The molecule has 0 aliphatic rings. The van der Waals surface area contributed by atoms with Gasteiger partial charge in [-0.05, 0) is 13.3 Å². The minimum absolute atomic E-state index is 0.322. The maximum atomic E-state index is 11.8. The van der Waals surface area contributed by atoms with Crippen molar-refractivity contribution in [2.24, 2.45) is 7.05 Å². The Balaban J connectivity index is 2.54. The van der Waals surface area contributed by atoms with Gasteiger partial charge in [0, 0.05) is 26.7 Å². The lowest BCUT2D eigenvalue weighted by Crippen LogP contribution is -2.14. The van der Waals surface area contributed by atoms with Crippen molar-refractivity contribution in [2.45, 2.75) is 26.7 Å². The molecule has 6 heteroatoms. The highest BCUT2D eigenvalue weighted by Crippen LogP contribution is 2.17. The molecular weight excluding hydrogens is 234 g/mol. The highest BCUT2D eigenvalue weighted by Gasteiger charge is 2.20. The molecule has 2 N–H and O–H groups in total. The van der Waals surface area contributed by atoms with E-state index in [9.17, 15) is 4.79 Å². The van der Waals surface area contributed by atoms with Gasteiger partial charge >= 0.3 is 5.97 Å². The highest BCUT2D eigenvalue weighted by atomic mass is 16.5. The van der Waals surface area contributed by atoms with Crippen molar-refractivity contribution in [3.63, 3.8) is 0 Å². The van der Waals surface area contributed by atoms with E-state index in [1.54, 1.807) is 7.05 Å². The summed E-state index contributed by atoms with van der Waals surface area (Å²) in [5.41, 5.74) is 7.31. The molecule has 1 aromatic heterocycles. The zero-order valence-electron chi connectivity index (χ0n) is 11.2. The van der Waals surface area contributed by atoms with Crippen LogP contribution in [0.25, 0.3) is 0 Å². The van der Waals surface area contributed by atoms with Gasteiger partial charge in [0.25, 0.3) is 0 Å². The Labute approximate surface area is 107 Å². The lowest BCUT2D eigenvalue weighted by atomic mass is 10.2. The first-order valence-electron chi connectivity index (χ1n) is 6.18. The van der Waals surface area contributed by atoms with Crippen molar-refractivity contribution in [2.75, 3.05) is 25.6 Å². The molecule has 0 radical (unpaired) electrons. The second-order valence-corrected chi connectivity index (χ2v) is 3.87. The first-order chi connectivity index (χ1) is 8.61. The standard InChI is InChI=1S/C12H21N3O3/c1-4-9-10(13)11(15(3)14-9)12(16)18-8-6-7-17-5-2/h4-8,13H2,1-3H3. The van der Waals surface area contributed by atoms with Crippen LogP contribution in [0.4, 0.5) is 5.69 Å². The van der Waals surface area contributed by atoms with Crippen LogP contribution in [-0.2, 0) is 22.9 Å². The Morgan fingerprint density at radius 1 is 1.39 bits per heavy atom. The summed E-state index contributed by atoms with van der Waals surface area (Å²) in [5.74, 6) is -0.432. The third-order valence-electron chi connectivity index (χ3n) is 2.56. The lowest BCUT2D eigenvalue weighted by molar-refractivity contribution is 0.0441. The van der Waals surface area contributed by atoms with Crippen LogP contribution in [0.15, 0.2) is 0 Å². The Morgan fingerprint density at radius 2 is 2.11 bits per heavy atom. The summed E-state index contributed by atoms with van der Waals surface area (Å²) >= 11 is 0. The van der Waals surface area contributed by atoms with Crippen LogP contribution in [0, 0.1) is 0 Å². The fourth-order valence-electron chi connectivity index (χ4n) is 1.64. The molecular formula is C12H21N3O3. The van der Waals surface area contributed by atoms with Gasteiger partial charge in [0.2, 0.25) is 0 Å². The van der Waals surface area contributed by atoms with Crippen LogP contribution >= 0.6 is 0 Å². The summed E-state index contributed by atoms with van der Waals surface area (Å²) < 4.78 is 11.8. The molecule has 0 saturated carbocycles. The monoisotopic (exact) mass is 255 g/mol. The second kappa shape index (κ2) is 7.00. The minimum atomic E-state index is -0.432. The third kappa shape index (κ3) is 3.46. The molecule has 0 aromatic carbocycles. The van der Waals surface area contributed by atoms with Crippen LogP contribution in [0.1, 0.15) is 36.5 Å². The average Bonchev–Trinajstić information content (AvgIpc) is 2.63. The molecule has 0 fully saturated rings. The smallest absolute Gasteiger partial charge is 0.358 e. The average molecular weight is 255 g/mol. The fourth-order valence-corrected chi connectivity index (χ4v) is 1.64. The molecule has 102 valence electrons. The zero-order chi connectivity index (χ0) is 13.5.